The van der Waals surface area contributed by atoms with Gasteiger partial charge in [0.05, 0.1) is 0 Å². The molecule has 1 fully saturated rings. The minimum atomic E-state index is 0.0584. The largest absolute Gasteiger partial charge is 0.349 e. The maximum absolute atomic E-state index is 12.0. The van der Waals surface area contributed by atoms with Crippen LogP contribution in [0.2, 0.25) is 0 Å². The lowest BCUT2D eigenvalue weighted by Gasteiger charge is -2.22. The molecule has 0 unspecified atom stereocenters. The molecule has 0 aromatic heterocycles. The number of amides is 1. The molecular formula is C13H16BrNOS. The zero-order valence-corrected chi connectivity index (χ0v) is 12.0. The molecule has 1 saturated heterocycles. The maximum Gasteiger partial charge on any atom is 0.251 e. The van der Waals surface area contributed by atoms with Gasteiger partial charge in [0.1, 0.15) is 0 Å². The number of rotatable bonds is 3. The van der Waals surface area contributed by atoms with Gasteiger partial charge in [0.2, 0.25) is 0 Å². The molecule has 0 aliphatic carbocycles. The maximum atomic E-state index is 12.0. The molecule has 0 radical (unpaired) electrons. The second kappa shape index (κ2) is 6.45. The van der Waals surface area contributed by atoms with Crippen LogP contribution in [0.3, 0.4) is 0 Å². The Hall–Kier alpha value is -0.480. The standard InChI is InChI=1S/C13H16BrNOS/c14-9-10-1-3-11(4-2-10)13(16)15-12-5-7-17-8-6-12/h1-4,12H,5-9H2,(H,15,16). The molecule has 0 bridgehead atoms. The van der Waals surface area contributed by atoms with Gasteiger partial charge in [-0.05, 0) is 42.0 Å². The summed E-state index contributed by atoms with van der Waals surface area (Å²) in [6.07, 6.45) is 2.19. The predicted molar refractivity (Wildman–Crippen MR) is 76.9 cm³/mol. The van der Waals surface area contributed by atoms with Crippen LogP contribution in [0.25, 0.3) is 0 Å². The number of nitrogens with one attached hydrogen (secondary N) is 1. The van der Waals surface area contributed by atoms with Crippen molar-refractivity contribution in [2.24, 2.45) is 0 Å². The van der Waals surface area contributed by atoms with Gasteiger partial charge in [-0.15, -0.1) is 0 Å². The Labute approximate surface area is 115 Å². The van der Waals surface area contributed by atoms with E-state index in [0.717, 1.165) is 35.2 Å². The summed E-state index contributed by atoms with van der Waals surface area (Å²) in [7, 11) is 0. The van der Waals surface area contributed by atoms with Crippen LogP contribution in [0, 0.1) is 0 Å². The van der Waals surface area contributed by atoms with Crippen LogP contribution >= 0.6 is 27.7 Å². The first-order chi connectivity index (χ1) is 8.29. The number of halogens is 1. The second-order valence-electron chi connectivity index (χ2n) is 4.19. The third-order valence-electron chi connectivity index (χ3n) is 2.93. The Bertz CT molecular complexity index is 374. The minimum Gasteiger partial charge on any atom is -0.349 e. The van der Waals surface area contributed by atoms with Crippen molar-refractivity contribution < 1.29 is 4.79 Å². The fourth-order valence-corrected chi connectivity index (χ4v) is 3.34. The summed E-state index contributed by atoms with van der Waals surface area (Å²) in [6, 6.07) is 8.12. The molecule has 1 N–H and O–H groups in total. The van der Waals surface area contributed by atoms with Gasteiger partial charge in [-0.1, -0.05) is 28.1 Å². The van der Waals surface area contributed by atoms with E-state index < -0.39 is 0 Å². The Balaban J connectivity index is 1.93. The molecule has 1 aromatic rings. The SMILES string of the molecule is O=C(NC1CCSCC1)c1ccc(CBr)cc1. The summed E-state index contributed by atoms with van der Waals surface area (Å²) < 4.78 is 0. The normalized spacial score (nSPS) is 16.8. The van der Waals surface area contributed by atoms with Crippen LogP contribution < -0.4 is 5.32 Å². The van der Waals surface area contributed by atoms with Crippen molar-refractivity contribution in [3.8, 4) is 0 Å². The fraction of sp³-hybridized carbons (Fsp3) is 0.462. The fourth-order valence-electron chi connectivity index (χ4n) is 1.86. The highest BCUT2D eigenvalue weighted by atomic mass is 79.9. The minimum absolute atomic E-state index is 0.0584. The van der Waals surface area contributed by atoms with Gasteiger partial charge in [-0.25, -0.2) is 0 Å². The highest BCUT2D eigenvalue weighted by molar-refractivity contribution is 9.08. The summed E-state index contributed by atoms with van der Waals surface area (Å²) in [5.41, 5.74) is 1.95. The predicted octanol–water partition coefficient (Wildman–Crippen LogP) is 3.21. The van der Waals surface area contributed by atoms with Crippen LogP contribution in [0.5, 0.6) is 0 Å². The lowest BCUT2D eigenvalue weighted by Crippen LogP contribution is -2.37. The first kappa shape index (κ1) is 13.0. The molecule has 0 atom stereocenters. The van der Waals surface area contributed by atoms with Crippen molar-refractivity contribution in [3.63, 3.8) is 0 Å². The molecule has 2 nitrogen and oxygen atoms in total. The Kier molecular flexibility index (Phi) is 4.92. The third kappa shape index (κ3) is 3.75. The Morgan fingerprint density at radius 1 is 1.29 bits per heavy atom. The van der Waals surface area contributed by atoms with Gasteiger partial charge in [-0.2, -0.15) is 11.8 Å². The molecular weight excluding hydrogens is 298 g/mol. The van der Waals surface area contributed by atoms with E-state index in [4.69, 9.17) is 0 Å². The van der Waals surface area contributed by atoms with E-state index in [1.807, 2.05) is 36.0 Å². The monoisotopic (exact) mass is 313 g/mol. The van der Waals surface area contributed by atoms with Gasteiger partial charge >= 0.3 is 0 Å². The first-order valence-corrected chi connectivity index (χ1v) is 8.10. The molecule has 0 saturated carbocycles. The van der Waals surface area contributed by atoms with Crippen molar-refractivity contribution >= 4 is 33.6 Å². The van der Waals surface area contributed by atoms with E-state index >= 15 is 0 Å². The van der Waals surface area contributed by atoms with Crippen molar-refractivity contribution in [3.05, 3.63) is 35.4 Å². The summed E-state index contributed by atoms with van der Waals surface area (Å²) in [5.74, 6) is 2.38. The van der Waals surface area contributed by atoms with Gasteiger partial charge in [0.25, 0.3) is 5.91 Å². The smallest absolute Gasteiger partial charge is 0.251 e. The molecule has 1 aliphatic rings. The van der Waals surface area contributed by atoms with Gasteiger partial charge in [0.15, 0.2) is 0 Å². The van der Waals surface area contributed by atoms with Crippen molar-refractivity contribution in [1.29, 1.82) is 0 Å². The number of benzene rings is 1. The van der Waals surface area contributed by atoms with E-state index in [1.54, 1.807) is 0 Å². The third-order valence-corrected chi connectivity index (χ3v) is 4.62. The summed E-state index contributed by atoms with van der Waals surface area (Å²) >= 11 is 5.37. The molecule has 1 amide bonds. The van der Waals surface area contributed by atoms with Crippen LogP contribution in [0.4, 0.5) is 0 Å². The van der Waals surface area contributed by atoms with E-state index in [1.165, 1.54) is 5.56 Å². The number of hydrogen-bond donors (Lipinski definition) is 1. The van der Waals surface area contributed by atoms with E-state index in [2.05, 4.69) is 21.2 Å². The lowest BCUT2D eigenvalue weighted by atomic mass is 10.1. The molecule has 2 rings (SSSR count). The zero-order valence-electron chi connectivity index (χ0n) is 9.62. The van der Waals surface area contributed by atoms with E-state index in [0.29, 0.717) is 6.04 Å². The highest BCUT2D eigenvalue weighted by Crippen LogP contribution is 2.17. The molecule has 92 valence electrons. The lowest BCUT2D eigenvalue weighted by molar-refractivity contribution is 0.0935. The molecule has 1 aliphatic heterocycles. The summed E-state index contributed by atoms with van der Waals surface area (Å²) in [6.45, 7) is 0. The number of thioether (sulfide) groups is 1. The Morgan fingerprint density at radius 2 is 1.94 bits per heavy atom. The van der Waals surface area contributed by atoms with Crippen molar-refractivity contribution in [2.45, 2.75) is 24.2 Å². The molecule has 1 aromatic carbocycles. The average molecular weight is 314 g/mol. The topological polar surface area (TPSA) is 29.1 Å². The molecule has 4 heteroatoms. The van der Waals surface area contributed by atoms with Gasteiger partial charge in [-0.3, -0.25) is 4.79 Å². The number of alkyl halides is 1. The van der Waals surface area contributed by atoms with Crippen molar-refractivity contribution in [2.75, 3.05) is 11.5 Å². The van der Waals surface area contributed by atoms with Crippen LogP contribution in [-0.4, -0.2) is 23.5 Å². The molecule has 17 heavy (non-hydrogen) atoms. The number of hydrogen-bond acceptors (Lipinski definition) is 2. The van der Waals surface area contributed by atoms with Gasteiger partial charge in [0, 0.05) is 16.9 Å². The summed E-state index contributed by atoms with van der Waals surface area (Å²) in [5, 5.41) is 3.94. The molecule has 1 heterocycles. The first-order valence-electron chi connectivity index (χ1n) is 5.83. The number of carbonyl (C=O) groups is 1. The van der Waals surface area contributed by atoms with Gasteiger partial charge < -0.3 is 5.32 Å². The molecule has 0 spiro atoms. The average Bonchev–Trinajstić information content (AvgIpc) is 2.40. The Morgan fingerprint density at radius 3 is 2.53 bits per heavy atom. The van der Waals surface area contributed by atoms with Crippen LogP contribution in [0.15, 0.2) is 24.3 Å². The van der Waals surface area contributed by atoms with E-state index in [9.17, 15) is 4.79 Å². The zero-order chi connectivity index (χ0) is 12.1. The summed E-state index contributed by atoms with van der Waals surface area (Å²) in [4.78, 5) is 12.0. The highest BCUT2D eigenvalue weighted by Gasteiger charge is 2.16. The van der Waals surface area contributed by atoms with E-state index in [-0.39, 0.29) is 5.91 Å². The second-order valence-corrected chi connectivity index (χ2v) is 5.98. The van der Waals surface area contributed by atoms with Crippen LogP contribution in [-0.2, 0) is 5.33 Å². The van der Waals surface area contributed by atoms with Crippen LogP contribution in [0.1, 0.15) is 28.8 Å². The quantitative estimate of drug-likeness (QED) is 0.868. The van der Waals surface area contributed by atoms with Crippen molar-refractivity contribution in [1.82, 2.24) is 5.32 Å². The number of carbonyl (C=O) groups excluding carboxylic acids is 1.